The van der Waals surface area contributed by atoms with E-state index >= 15 is 0 Å². The van der Waals surface area contributed by atoms with Gasteiger partial charge in [0.15, 0.2) is 11.5 Å². The highest BCUT2D eigenvalue weighted by Crippen LogP contribution is 2.39. The fourth-order valence-electron chi connectivity index (χ4n) is 2.66. The number of pyridine rings is 1. The highest BCUT2D eigenvalue weighted by Gasteiger charge is 2.33. The molecule has 0 atom stereocenters. The molecule has 0 bridgehead atoms. The first-order valence-electron chi connectivity index (χ1n) is 7.65. The van der Waals surface area contributed by atoms with Crippen LogP contribution in [0.2, 0.25) is 0 Å². The van der Waals surface area contributed by atoms with E-state index in [0.717, 1.165) is 18.3 Å². The van der Waals surface area contributed by atoms with E-state index < -0.39 is 22.2 Å². The van der Waals surface area contributed by atoms with Crippen LogP contribution in [0.3, 0.4) is 0 Å². The number of ether oxygens (including phenoxy) is 2. The Kier molecular flexibility index (Phi) is 4.05. The molecular weight excluding hydrogens is 403 g/mol. The Labute approximate surface area is 156 Å². The number of halogens is 3. The second-order valence-electron chi connectivity index (χ2n) is 5.72. The van der Waals surface area contributed by atoms with Gasteiger partial charge >= 0.3 is 16.5 Å². The number of nitrogens with zero attached hydrogens (tertiary/aromatic N) is 3. The average Bonchev–Trinajstić information content (AvgIpc) is 3.27. The third kappa shape index (κ3) is 3.27. The summed E-state index contributed by atoms with van der Waals surface area (Å²) in [5, 5.41) is 3.72. The van der Waals surface area contributed by atoms with Gasteiger partial charge in [0.25, 0.3) is 0 Å². The van der Waals surface area contributed by atoms with Crippen molar-refractivity contribution in [3.63, 3.8) is 0 Å². The molecule has 0 fully saturated rings. The maximum absolute atomic E-state index is 13.0. The number of benzene rings is 1. The molecule has 3 aromatic rings. The van der Waals surface area contributed by atoms with Gasteiger partial charge in [0.1, 0.15) is 11.4 Å². The Bertz CT molecular complexity index is 1170. The van der Waals surface area contributed by atoms with E-state index in [0.29, 0.717) is 17.1 Å². The molecule has 28 heavy (non-hydrogen) atoms. The lowest BCUT2D eigenvalue weighted by Crippen LogP contribution is -2.11. The molecule has 1 aliphatic rings. The zero-order valence-electron chi connectivity index (χ0n) is 13.7. The minimum absolute atomic E-state index is 0.00507. The molecule has 1 aromatic carbocycles. The van der Waals surface area contributed by atoms with Crippen molar-refractivity contribution in [2.24, 2.45) is 0 Å². The van der Waals surface area contributed by atoms with Crippen molar-refractivity contribution >= 4 is 10.3 Å². The van der Waals surface area contributed by atoms with Gasteiger partial charge in [-0.2, -0.15) is 26.7 Å². The molecule has 2 aromatic heterocycles. The van der Waals surface area contributed by atoms with Gasteiger partial charge in [-0.15, -0.1) is 4.09 Å². The average molecular weight is 413 g/mol. The maximum Gasteiger partial charge on any atom is 0.433 e. The summed E-state index contributed by atoms with van der Waals surface area (Å²) in [6, 6.07) is 7.79. The Balaban J connectivity index is 1.91. The van der Waals surface area contributed by atoms with Crippen LogP contribution in [0.1, 0.15) is 5.69 Å². The van der Waals surface area contributed by atoms with Crippen LogP contribution in [0, 0.1) is 0 Å². The molecule has 0 saturated heterocycles. The van der Waals surface area contributed by atoms with E-state index in [4.69, 9.17) is 9.47 Å². The Morgan fingerprint density at radius 2 is 1.86 bits per heavy atom. The van der Waals surface area contributed by atoms with E-state index in [-0.39, 0.29) is 27.8 Å². The molecule has 1 aliphatic heterocycles. The highest BCUT2D eigenvalue weighted by atomic mass is 32.2. The van der Waals surface area contributed by atoms with Crippen molar-refractivity contribution in [3.8, 4) is 34.0 Å². The van der Waals surface area contributed by atoms with Crippen LogP contribution >= 0.6 is 0 Å². The Morgan fingerprint density at radius 3 is 2.57 bits per heavy atom. The first kappa shape index (κ1) is 18.3. The number of aromatic nitrogens is 3. The molecule has 12 heteroatoms. The molecule has 3 heterocycles. The molecule has 1 N–H and O–H groups in total. The lowest BCUT2D eigenvalue weighted by Gasteiger charge is -2.08. The molecular formula is C16H10F3N3O5S. The van der Waals surface area contributed by atoms with Gasteiger partial charge in [0.05, 0.1) is 11.9 Å². The molecule has 4 rings (SSSR count). The minimum atomic E-state index is -4.77. The van der Waals surface area contributed by atoms with Gasteiger partial charge in [-0.25, -0.2) is 4.98 Å². The number of fused-ring (bicyclic) bond motifs is 1. The quantitative estimate of drug-likeness (QED) is 0.659. The lowest BCUT2D eigenvalue weighted by molar-refractivity contribution is -0.141. The van der Waals surface area contributed by atoms with E-state index in [2.05, 4.69) is 10.1 Å². The van der Waals surface area contributed by atoms with Gasteiger partial charge in [-0.05, 0) is 29.8 Å². The van der Waals surface area contributed by atoms with Crippen molar-refractivity contribution < 1.29 is 35.6 Å². The number of alkyl halides is 3. The van der Waals surface area contributed by atoms with Crippen LogP contribution in [0.15, 0.2) is 42.6 Å². The maximum atomic E-state index is 13.0. The molecule has 0 unspecified atom stereocenters. The number of hydrogen-bond donors (Lipinski definition) is 1. The van der Waals surface area contributed by atoms with Crippen LogP contribution in [0.4, 0.5) is 13.2 Å². The van der Waals surface area contributed by atoms with Gasteiger partial charge in [0, 0.05) is 5.56 Å². The van der Waals surface area contributed by atoms with E-state index in [1.165, 1.54) is 12.1 Å². The normalized spacial score (nSPS) is 13.7. The summed E-state index contributed by atoms with van der Waals surface area (Å²) in [6.07, 6.45) is -3.72. The van der Waals surface area contributed by atoms with Crippen molar-refractivity contribution in [1.29, 1.82) is 0 Å². The van der Waals surface area contributed by atoms with Crippen molar-refractivity contribution in [2.45, 2.75) is 6.18 Å². The predicted octanol–water partition coefficient (Wildman–Crippen LogP) is 3.01. The summed E-state index contributed by atoms with van der Waals surface area (Å²) in [5.41, 5.74) is -1.04. The fraction of sp³-hybridized carbons (Fsp3) is 0.125. The van der Waals surface area contributed by atoms with Crippen molar-refractivity contribution in [3.05, 3.63) is 48.3 Å². The minimum Gasteiger partial charge on any atom is -0.454 e. The predicted molar refractivity (Wildman–Crippen MR) is 89.0 cm³/mol. The van der Waals surface area contributed by atoms with Crippen LogP contribution in [0.5, 0.6) is 11.5 Å². The van der Waals surface area contributed by atoms with E-state index in [1.54, 1.807) is 12.1 Å². The zero-order chi connectivity index (χ0) is 20.1. The first-order chi connectivity index (χ1) is 13.1. The topological polar surface area (TPSA) is 104 Å². The van der Waals surface area contributed by atoms with E-state index in [9.17, 15) is 26.1 Å². The fourth-order valence-corrected chi connectivity index (χ4v) is 3.08. The Hall–Kier alpha value is -3.12. The second kappa shape index (κ2) is 6.21. The largest absolute Gasteiger partial charge is 0.454 e. The van der Waals surface area contributed by atoms with Gasteiger partial charge in [-0.3, -0.25) is 4.55 Å². The molecule has 0 amide bonds. The summed E-state index contributed by atoms with van der Waals surface area (Å²) in [4.78, 5) is 3.54. The molecule has 0 radical (unpaired) electrons. The summed E-state index contributed by atoms with van der Waals surface area (Å²) in [7, 11) is -4.77. The van der Waals surface area contributed by atoms with Crippen LogP contribution < -0.4 is 9.47 Å². The summed E-state index contributed by atoms with van der Waals surface area (Å²) in [6.45, 7) is 0.00507. The summed E-state index contributed by atoms with van der Waals surface area (Å²) < 4.78 is 82.0. The van der Waals surface area contributed by atoms with Crippen molar-refractivity contribution in [1.82, 2.24) is 14.2 Å². The van der Waals surface area contributed by atoms with Crippen molar-refractivity contribution in [2.75, 3.05) is 6.79 Å². The highest BCUT2D eigenvalue weighted by molar-refractivity contribution is 7.84. The lowest BCUT2D eigenvalue weighted by atomic mass is 10.0. The van der Waals surface area contributed by atoms with Crippen LogP contribution in [-0.4, -0.2) is 33.9 Å². The molecule has 0 spiro atoms. The van der Waals surface area contributed by atoms with Gasteiger partial charge in [0.2, 0.25) is 6.79 Å². The molecule has 0 aliphatic carbocycles. The molecule has 146 valence electrons. The third-order valence-electron chi connectivity index (χ3n) is 3.90. The van der Waals surface area contributed by atoms with Gasteiger partial charge < -0.3 is 9.47 Å². The van der Waals surface area contributed by atoms with Crippen LogP contribution in [-0.2, 0) is 16.5 Å². The number of rotatable bonds is 3. The Morgan fingerprint density at radius 1 is 1.11 bits per heavy atom. The van der Waals surface area contributed by atoms with Crippen LogP contribution in [0.25, 0.3) is 22.5 Å². The second-order valence-corrected chi connectivity index (χ2v) is 6.99. The number of hydrogen-bond acceptors (Lipinski definition) is 6. The SMILES string of the molecule is O=S(=O)(O)n1cc(-c2ccc3c(c2)OCO3)c(-c2cccc(C(F)(F)F)n2)n1. The monoisotopic (exact) mass is 413 g/mol. The molecule has 0 saturated carbocycles. The summed E-state index contributed by atoms with van der Waals surface area (Å²) in [5.74, 6) is 0.838. The first-order valence-corrected chi connectivity index (χ1v) is 9.05. The smallest absolute Gasteiger partial charge is 0.433 e. The third-order valence-corrected chi connectivity index (χ3v) is 4.56. The summed E-state index contributed by atoms with van der Waals surface area (Å²) >= 11 is 0. The zero-order valence-corrected chi connectivity index (χ0v) is 14.5. The van der Waals surface area contributed by atoms with E-state index in [1.807, 2.05) is 0 Å². The molecule has 8 nitrogen and oxygen atoms in total. The van der Waals surface area contributed by atoms with Gasteiger partial charge in [-0.1, -0.05) is 12.1 Å². The standard InChI is InChI=1S/C16H10F3N3O5S/c17-16(18,19)14-3-1-2-11(20-14)15-10(7-22(21-15)28(23,24)25)9-4-5-12-13(6-9)27-8-26-12/h1-7H,8H2,(H,23,24,25).